The smallest absolute Gasteiger partial charge is 0.254 e. The number of halogens is 1. The Hall–Kier alpha value is -2.99. The van der Waals surface area contributed by atoms with Crippen molar-refractivity contribution in [2.45, 2.75) is 6.92 Å². The van der Waals surface area contributed by atoms with Crippen LogP contribution < -0.4 is 0 Å². The van der Waals surface area contributed by atoms with Gasteiger partial charge in [-0.1, -0.05) is 31.2 Å². The molecule has 1 amide bonds. The number of likely N-dealkylation sites (N-methyl/N-ethyl adjacent to an activating group) is 1. The van der Waals surface area contributed by atoms with Gasteiger partial charge in [0.05, 0.1) is 0 Å². The van der Waals surface area contributed by atoms with Gasteiger partial charge in [-0.3, -0.25) is 9.59 Å². The Labute approximate surface area is 163 Å². The second kappa shape index (κ2) is 9.28. The molecule has 3 aromatic rings. The fourth-order valence-electron chi connectivity index (χ4n) is 3.24. The highest BCUT2D eigenvalue weighted by atomic mass is 19.1. The minimum absolute atomic E-state index is 0.0647. The van der Waals surface area contributed by atoms with Crippen LogP contribution in [0.4, 0.5) is 4.39 Å². The second-order valence-corrected chi connectivity index (χ2v) is 6.64. The highest BCUT2D eigenvalue weighted by Crippen LogP contribution is 2.19. The number of carbonyl (C=O) groups is 2. The van der Waals surface area contributed by atoms with Crippen molar-refractivity contribution in [3.63, 3.8) is 0 Å². The first-order valence-corrected chi connectivity index (χ1v) is 9.41. The highest BCUT2D eigenvalue weighted by Gasteiger charge is 2.21. The van der Waals surface area contributed by atoms with Crippen LogP contribution >= 0.6 is 0 Å². The minimum Gasteiger partial charge on any atom is -0.360 e. The Morgan fingerprint density at radius 3 is 2.39 bits per heavy atom. The summed E-state index contributed by atoms with van der Waals surface area (Å²) in [7, 11) is 0. The van der Waals surface area contributed by atoms with Crippen LogP contribution in [0.1, 0.15) is 27.6 Å². The lowest BCUT2D eigenvalue weighted by molar-refractivity contribution is 0.0643. The van der Waals surface area contributed by atoms with E-state index < -0.39 is 0 Å². The Morgan fingerprint density at radius 2 is 1.82 bits per heavy atom. The summed E-state index contributed by atoms with van der Waals surface area (Å²) in [6, 6.07) is 13.4. The Kier molecular flexibility index (Phi) is 6.55. The molecule has 0 saturated carbocycles. The van der Waals surface area contributed by atoms with Crippen LogP contribution in [0.2, 0.25) is 0 Å². The molecule has 1 saturated heterocycles. The predicted octanol–water partition coefficient (Wildman–Crippen LogP) is 3.58. The first kappa shape index (κ1) is 19.8. The first-order chi connectivity index (χ1) is 13.6. The summed E-state index contributed by atoms with van der Waals surface area (Å²) < 4.78 is 11.9. The molecule has 146 valence electrons. The lowest BCUT2D eigenvalue weighted by Gasteiger charge is -2.34. The molecule has 1 aliphatic rings. The number of rotatable bonds is 3. The zero-order valence-electron chi connectivity index (χ0n) is 15.9. The molecule has 2 aromatic carbocycles. The van der Waals surface area contributed by atoms with Crippen LogP contribution in [0.5, 0.6) is 0 Å². The Bertz CT molecular complexity index is 931. The van der Waals surface area contributed by atoms with E-state index in [1.807, 2.05) is 17.0 Å². The monoisotopic (exact) mass is 381 g/mol. The summed E-state index contributed by atoms with van der Waals surface area (Å²) in [6.07, 6.45) is 2.50. The number of fused-ring (bicyclic) bond motifs is 1. The van der Waals surface area contributed by atoms with Crippen molar-refractivity contribution in [3.8, 4) is 0 Å². The molecule has 1 aliphatic heterocycles. The Balaban J connectivity index is 0.000000271. The maximum atomic E-state index is 12.5. The maximum absolute atomic E-state index is 12.5. The molecule has 0 unspecified atom stereocenters. The fourth-order valence-corrected chi connectivity index (χ4v) is 3.24. The molecule has 5 nitrogen and oxygen atoms in total. The van der Waals surface area contributed by atoms with E-state index >= 15 is 0 Å². The van der Waals surface area contributed by atoms with Crippen molar-refractivity contribution >= 4 is 23.1 Å². The van der Waals surface area contributed by atoms with Crippen molar-refractivity contribution < 1.29 is 14.0 Å². The van der Waals surface area contributed by atoms with Crippen molar-refractivity contribution in [2.24, 2.45) is 0 Å². The third kappa shape index (κ3) is 4.64. The van der Waals surface area contributed by atoms with E-state index in [2.05, 4.69) is 16.8 Å². The van der Waals surface area contributed by atoms with Gasteiger partial charge in [0.2, 0.25) is 0 Å². The molecule has 0 radical (unpaired) electrons. The van der Waals surface area contributed by atoms with E-state index in [9.17, 15) is 14.0 Å². The van der Waals surface area contributed by atoms with Crippen molar-refractivity contribution in [2.75, 3.05) is 32.7 Å². The lowest BCUT2D eigenvalue weighted by atomic mass is 10.1. The molecule has 0 bridgehead atoms. The van der Waals surface area contributed by atoms with Crippen LogP contribution in [-0.2, 0) is 0 Å². The Morgan fingerprint density at radius 1 is 1.11 bits per heavy atom. The van der Waals surface area contributed by atoms with E-state index in [4.69, 9.17) is 0 Å². The van der Waals surface area contributed by atoms with Gasteiger partial charge < -0.3 is 14.8 Å². The molecular formula is C22H24FN3O2. The number of amides is 1. The zero-order chi connectivity index (χ0) is 19.9. The third-order valence-corrected chi connectivity index (χ3v) is 4.93. The van der Waals surface area contributed by atoms with E-state index in [-0.39, 0.29) is 11.7 Å². The van der Waals surface area contributed by atoms with Crippen LogP contribution in [0, 0.1) is 5.82 Å². The van der Waals surface area contributed by atoms with Crippen LogP contribution in [0.25, 0.3) is 10.9 Å². The molecule has 1 N–H and O–H groups in total. The van der Waals surface area contributed by atoms with E-state index in [0.717, 1.165) is 49.9 Å². The number of H-pyrrole nitrogens is 1. The summed E-state index contributed by atoms with van der Waals surface area (Å²) in [4.78, 5) is 30.7. The number of hydrogen-bond donors (Lipinski definition) is 1. The topological polar surface area (TPSA) is 56.4 Å². The van der Waals surface area contributed by atoms with Gasteiger partial charge in [0, 0.05) is 54.4 Å². The van der Waals surface area contributed by atoms with Gasteiger partial charge in [0.1, 0.15) is 5.82 Å². The molecule has 1 fully saturated rings. The molecule has 0 spiro atoms. The minimum atomic E-state index is -0.178. The van der Waals surface area contributed by atoms with Crippen molar-refractivity contribution in [1.29, 1.82) is 0 Å². The normalized spacial score (nSPS) is 14.4. The number of nitrogens with one attached hydrogen (secondary N) is 1. The number of carbonyl (C=O) groups excluding carboxylic acids is 2. The number of hydrogen-bond acceptors (Lipinski definition) is 3. The average molecular weight is 381 g/mol. The van der Waals surface area contributed by atoms with Gasteiger partial charge in [0.15, 0.2) is 6.29 Å². The summed E-state index contributed by atoms with van der Waals surface area (Å²) in [5.41, 5.74) is 2.13. The number of piperazine rings is 1. The van der Waals surface area contributed by atoms with Crippen LogP contribution in [0.15, 0.2) is 54.7 Å². The molecular weight excluding hydrogens is 357 g/mol. The number of nitrogens with zero attached hydrogens (tertiary/aromatic N) is 2. The number of aromatic amines is 1. The zero-order valence-corrected chi connectivity index (χ0v) is 15.9. The van der Waals surface area contributed by atoms with Gasteiger partial charge in [-0.15, -0.1) is 0 Å². The average Bonchev–Trinajstić information content (AvgIpc) is 3.16. The number of aldehydes is 1. The summed E-state index contributed by atoms with van der Waals surface area (Å²) in [5.74, 6) is -0.114. The quantitative estimate of drug-likeness (QED) is 0.706. The van der Waals surface area contributed by atoms with Gasteiger partial charge in [-0.25, -0.2) is 4.39 Å². The molecule has 6 heteroatoms. The lowest BCUT2D eigenvalue weighted by Crippen LogP contribution is -2.48. The van der Waals surface area contributed by atoms with Gasteiger partial charge >= 0.3 is 0 Å². The highest BCUT2D eigenvalue weighted by molar-refractivity contribution is 6.02. The predicted molar refractivity (Wildman–Crippen MR) is 108 cm³/mol. The standard InChI is InChI=1S/C16H19N3O2.C6H5F/c1-2-18-5-7-19(8-6-18)16(21)12-3-4-14-13(11-20)10-17-15(14)9-12;7-6-4-2-1-3-5-6/h3-4,9-11,17H,2,5-8H2,1H3;1-5H. The SMILES string of the molecule is CCN1CCN(C(=O)c2ccc3c(C=O)c[nH]c3c2)CC1.Fc1ccccc1. The maximum Gasteiger partial charge on any atom is 0.254 e. The molecule has 2 heterocycles. The van der Waals surface area contributed by atoms with Crippen LogP contribution in [0.3, 0.4) is 0 Å². The van der Waals surface area contributed by atoms with Gasteiger partial charge in [-0.05, 0) is 30.8 Å². The molecule has 0 atom stereocenters. The van der Waals surface area contributed by atoms with E-state index in [1.165, 1.54) is 12.1 Å². The first-order valence-electron chi connectivity index (χ1n) is 9.41. The second-order valence-electron chi connectivity index (χ2n) is 6.64. The molecule has 4 rings (SSSR count). The molecule has 1 aromatic heterocycles. The van der Waals surface area contributed by atoms with E-state index in [1.54, 1.807) is 30.5 Å². The summed E-state index contributed by atoms with van der Waals surface area (Å²) >= 11 is 0. The summed E-state index contributed by atoms with van der Waals surface area (Å²) in [6.45, 7) is 6.58. The largest absolute Gasteiger partial charge is 0.360 e. The third-order valence-electron chi connectivity index (χ3n) is 4.93. The molecule has 0 aliphatic carbocycles. The van der Waals surface area contributed by atoms with Crippen molar-refractivity contribution in [1.82, 2.24) is 14.8 Å². The molecule has 28 heavy (non-hydrogen) atoms. The van der Waals surface area contributed by atoms with Crippen molar-refractivity contribution in [3.05, 3.63) is 71.7 Å². The number of benzene rings is 2. The van der Waals surface area contributed by atoms with Gasteiger partial charge in [0.25, 0.3) is 5.91 Å². The summed E-state index contributed by atoms with van der Waals surface area (Å²) in [5, 5.41) is 0.859. The fraction of sp³-hybridized carbons (Fsp3) is 0.273. The number of aromatic nitrogens is 1. The van der Waals surface area contributed by atoms with Gasteiger partial charge in [-0.2, -0.15) is 0 Å². The van der Waals surface area contributed by atoms with E-state index in [0.29, 0.717) is 11.1 Å². The van der Waals surface area contributed by atoms with Crippen LogP contribution in [-0.4, -0.2) is 59.7 Å².